The summed E-state index contributed by atoms with van der Waals surface area (Å²) in [7, 11) is 0. The van der Waals surface area contributed by atoms with Gasteiger partial charge in [0.05, 0.1) is 11.7 Å². The molecule has 0 aliphatic heterocycles. The van der Waals surface area contributed by atoms with Crippen molar-refractivity contribution in [2.45, 2.75) is 51.7 Å². The molecule has 0 aromatic heterocycles. The van der Waals surface area contributed by atoms with E-state index in [0.717, 1.165) is 6.42 Å². The quantitative estimate of drug-likeness (QED) is 0.627. The first-order valence-corrected chi connectivity index (χ1v) is 3.86. The van der Waals surface area contributed by atoms with E-state index in [9.17, 15) is 5.11 Å². The van der Waals surface area contributed by atoms with Gasteiger partial charge in [0.1, 0.15) is 0 Å². The molecule has 0 fully saturated rings. The summed E-state index contributed by atoms with van der Waals surface area (Å²) in [6, 6.07) is 0. The van der Waals surface area contributed by atoms with Crippen LogP contribution < -0.4 is 0 Å². The predicted molar refractivity (Wildman–Crippen MR) is 41.8 cm³/mol. The first-order valence-electron chi connectivity index (χ1n) is 3.86. The molecule has 0 amide bonds. The molecule has 2 N–H and O–H groups in total. The fourth-order valence-electron chi connectivity index (χ4n) is 0.724. The number of aliphatic hydroxyl groups is 2. The average Bonchev–Trinajstić information content (AvgIpc) is 1.81. The summed E-state index contributed by atoms with van der Waals surface area (Å²) in [5.74, 6) is 0. The third-order valence-electron chi connectivity index (χ3n) is 1.56. The molecule has 0 aromatic rings. The van der Waals surface area contributed by atoms with Crippen LogP contribution >= 0.6 is 0 Å². The molecule has 0 rings (SSSR count). The van der Waals surface area contributed by atoms with Crippen LogP contribution in [0.3, 0.4) is 0 Å². The molecule has 0 radical (unpaired) electrons. The van der Waals surface area contributed by atoms with Crippen molar-refractivity contribution in [3.8, 4) is 0 Å². The van der Waals surface area contributed by atoms with Crippen LogP contribution in [-0.4, -0.2) is 21.9 Å². The molecule has 0 spiro atoms. The molecule has 0 heterocycles. The smallest absolute Gasteiger partial charge is 0.0592 e. The van der Waals surface area contributed by atoms with E-state index in [0.29, 0.717) is 12.8 Å². The highest BCUT2D eigenvalue weighted by Gasteiger charge is 2.13. The lowest BCUT2D eigenvalue weighted by molar-refractivity contribution is 0.0480. The van der Waals surface area contributed by atoms with Gasteiger partial charge in [0, 0.05) is 0 Å². The van der Waals surface area contributed by atoms with Crippen LogP contribution in [0.1, 0.15) is 40.0 Å². The standard InChI is InChI=1S/C8H18O2/c1-4-7(9)5-6-8(2,3)10/h7,9-10H,4-6H2,1-3H3/t7-/m0/s1. The summed E-state index contributed by atoms with van der Waals surface area (Å²) in [6.07, 6.45) is 1.89. The first kappa shape index (κ1) is 9.92. The molecule has 0 aliphatic rings. The van der Waals surface area contributed by atoms with Crippen molar-refractivity contribution in [1.29, 1.82) is 0 Å². The minimum Gasteiger partial charge on any atom is -0.393 e. The second-order valence-electron chi connectivity index (χ2n) is 3.41. The van der Waals surface area contributed by atoms with Crippen molar-refractivity contribution in [2.75, 3.05) is 0 Å². The Morgan fingerprint density at radius 2 is 1.90 bits per heavy atom. The molecule has 2 heteroatoms. The Kier molecular flexibility index (Phi) is 3.91. The van der Waals surface area contributed by atoms with Gasteiger partial charge in [0.15, 0.2) is 0 Å². The minimum absolute atomic E-state index is 0.244. The Hall–Kier alpha value is -0.0800. The summed E-state index contributed by atoms with van der Waals surface area (Å²) in [5.41, 5.74) is -0.629. The first-order chi connectivity index (χ1) is 4.45. The lowest BCUT2D eigenvalue weighted by Crippen LogP contribution is -2.21. The van der Waals surface area contributed by atoms with Crippen molar-refractivity contribution in [1.82, 2.24) is 0 Å². The highest BCUT2D eigenvalue weighted by Crippen LogP contribution is 2.12. The Bertz CT molecular complexity index is 83.7. The molecule has 2 nitrogen and oxygen atoms in total. The molecule has 0 saturated carbocycles. The second-order valence-corrected chi connectivity index (χ2v) is 3.41. The highest BCUT2D eigenvalue weighted by atomic mass is 16.3. The average molecular weight is 146 g/mol. The Balaban J connectivity index is 3.36. The van der Waals surface area contributed by atoms with Gasteiger partial charge in [0.2, 0.25) is 0 Å². The maximum Gasteiger partial charge on any atom is 0.0592 e. The third kappa shape index (κ3) is 6.05. The maximum atomic E-state index is 9.25. The molecule has 0 saturated heterocycles. The van der Waals surface area contributed by atoms with Gasteiger partial charge in [-0.05, 0) is 33.1 Å². The zero-order chi connectivity index (χ0) is 8.20. The van der Waals surface area contributed by atoms with Gasteiger partial charge in [-0.3, -0.25) is 0 Å². The van der Waals surface area contributed by atoms with Crippen molar-refractivity contribution in [3.05, 3.63) is 0 Å². The van der Waals surface area contributed by atoms with E-state index in [1.165, 1.54) is 0 Å². The van der Waals surface area contributed by atoms with Crippen molar-refractivity contribution >= 4 is 0 Å². The lowest BCUT2D eigenvalue weighted by Gasteiger charge is -2.18. The zero-order valence-electron chi connectivity index (χ0n) is 7.09. The lowest BCUT2D eigenvalue weighted by atomic mass is 10.00. The topological polar surface area (TPSA) is 40.5 Å². The van der Waals surface area contributed by atoms with Crippen LogP contribution in [0.25, 0.3) is 0 Å². The van der Waals surface area contributed by atoms with Crippen molar-refractivity contribution in [2.24, 2.45) is 0 Å². The molecular formula is C8H18O2. The molecule has 0 unspecified atom stereocenters. The molecular weight excluding hydrogens is 128 g/mol. The van der Waals surface area contributed by atoms with Gasteiger partial charge in [-0.25, -0.2) is 0 Å². The van der Waals surface area contributed by atoms with E-state index in [1.807, 2.05) is 6.92 Å². The molecule has 10 heavy (non-hydrogen) atoms. The van der Waals surface area contributed by atoms with Crippen LogP contribution in [0.15, 0.2) is 0 Å². The Morgan fingerprint density at radius 3 is 2.20 bits per heavy atom. The van der Waals surface area contributed by atoms with Crippen molar-refractivity contribution in [3.63, 3.8) is 0 Å². The number of rotatable bonds is 4. The fraction of sp³-hybridized carbons (Fsp3) is 1.00. The number of aliphatic hydroxyl groups excluding tert-OH is 1. The number of hydrogen-bond acceptors (Lipinski definition) is 2. The Labute approximate surface area is 62.9 Å². The molecule has 62 valence electrons. The van der Waals surface area contributed by atoms with E-state index in [1.54, 1.807) is 13.8 Å². The maximum absolute atomic E-state index is 9.25. The normalized spacial score (nSPS) is 15.3. The number of hydrogen-bond donors (Lipinski definition) is 2. The summed E-state index contributed by atoms with van der Waals surface area (Å²) in [6.45, 7) is 5.46. The van der Waals surface area contributed by atoms with Gasteiger partial charge in [-0.1, -0.05) is 6.92 Å². The van der Waals surface area contributed by atoms with Gasteiger partial charge < -0.3 is 10.2 Å². The van der Waals surface area contributed by atoms with Gasteiger partial charge in [-0.2, -0.15) is 0 Å². The van der Waals surface area contributed by atoms with Gasteiger partial charge in [0.25, 0.3) is 0 Å². The van der Waals surface area contributed by atoms with Gasteiger partial charge in [-0.15, -0.1) is 0 Å². The highest BCUT2D eigenvalue weighted by molar-refractivity contribution is 4.67. The Morgan fingerprint density at radius 1 is 1.40 bits per heavy atom. The van der Waals surface area contributed by atoms with E-state index in [-0.39, 0.29) is 6.10 Å². The fourth-order valence-corrected chi connectivity index (χ4v) is 0.724. The van der Waals surface area contributed by atoms with E-state index >= 15 is 0 Å². The van der Waals surface area contributed by atoms with Crippen LogP contribution in [0, 0.1) is 0 Å². The van der Waals surface area contributed by atoms with Crippen LogP contribution in [0.4, 0.5) is 0 Å². The van der Waals surface area contributed by atoms with E-state index in [4.69, 9.17) is 5.11 Å². The van der Waals surface area contributed by atoms with Crippen LogP contribution in [0.2, 0.25) is 0 Å². The largest absolute Gasteiger partial charge is 0.393 e. The SMILES string of the molecule is CC[C@H](O)CCC(C)(C)O. The summed E-state index contributed by atoms with van der Waals surface area (Å²) in [4.78, 5) is 0. The summed E-state index contributed by atoms with van der Waals surface area (Å²) in [5, 5.41) is 18.4. The molecule has 0 bridgehead atoms. The minimum atomic E-state index is -0.629. The third-order valence-corrected chi connectivity index (χ3v) is 1.56. The van der Waals surface area contributed by atoms with E-state index < -0.39 is 5.60 Å². The zero-order valence-corrected chi connectivity index (χ0v) is 7.09. The van der Waals surface area contributed by atoms with E-state index in [2.05, 4.69) is 0 Å². The summed E-state index contributed by atoms with van der Waals surface area (Å²) >= 11 is 0. The monoisotopic (exact) mass is 146 g/mol. The van der Waals surface area contributed by atoms with Gasteiger partial charge >= 0.3 is 0 Å². The van der Waals surface area contributed by atoms with Crippen molar-refractivity contribution < 1.29 is 10.2 Å². The molecule has 0 aromatic carbocycles. The second kappa shape index (κ2) is 3.94. The summed E-state index contributed by atoms with van der Waals surface area (Å²) < 4.78 is 0. The molecule has 0 aliphatic carbocycles. The predicted octanol–water partition coefficient (Wildman–Crippen LogP) is 1.31. The van der Waals surface area contributed by atoms with Crippen LogP contribution in [0.5, 0.6) is 0 Å². The van der Waals surface area contributed by atoms with Crippen LogP contribution in [-0.2, 0) is 0 Å². The molecule has 1 atom stereocenters.